The molecule has 0 bridgehead atoms. The third-order valence-electron chi connectivity index (χ3n) is 5.81. The quantitative estimate of drug-likeness (QED) is 0.598. The fraction of sp³-hybridized carbons (Fsp3) is 0.333. The van der Waals surface area contributed by atoms with E-state index in [0.29, 0.717) is 30.0 Å². The van der Waals surface area contributed by atoms with Crippen molar-refractivity contribution in [2.75, 3.05) is 22.6 Å². The maximum Gasteiger partial charge on any atom is 0.247 e. The molecule has 3 aromatic rings. The van der Waals surface area contributed by atoms with Crippen LogP contribution in [0.3, 0.4) is 0 Å². The Hall–Kier alpha value is -3.93. The van der Waals surface area contributed by atoms with E-state index >= 15 is 0 Å². The number of amides is 1. The van der Waals surface area contributed by atoms with Gasteiger partial charge in [-0.2, -0.15) is 10.4 Å². The van der Waals surface area contributed by atoms with E-state index in [1.807, 2.05) is 51.1 Å². The Labute approximate surface area is 192 Å². The second-order valence-corrected chi connectivity index (χ2v) is 8.59. The monoisotopic (exact) mass is 447 g/mol. The van der Waals surface area contributed by atoms with Gasteiger partial charge in [0, 0.05) is 31.4 Å². The summed E-state index contributed by atoms with van der Waals surface area (Å²) in [4.78, 5) is 19.1. The van der Waals surface area contributed by atoms with E-state index in [9.17, 15) is 14.4 Å². The van der Waals surface area contributed by atoms with Gasteiger partial charge in [0.2, 0.25) is 5.91 Å². The summed E-state index contributed by atoms with van der Waals surface area (Å²) in [7, 11) is 1.93. The van der Waals surface area contributed by atoms with Crippen LogP contribution in [0.5, 0.6) is 0 Å². The topological polar surface area (TPSA) is 98.9 Å². The first-order chi connectivity index (χ1) is 15.8. The smallest absolute Gasteiger partial charge is 0.247 e. The Morgan fingerprint density at radius 2 is 2.12 bits per heavy atom. The number of anilines is 3. The summed E-state index contributed by atoms with van der Waals surface area (Å²) < 4.78 is 15.1. The van der Waals surface area contributed by atoms with Gasteiger partial charge in [0.15, 0.2) is 0 Å². The van der Waals surface area contributed by atoms with Crippen LogP contribution in [0, 0.1) is 30.0 Å². The molecule has 0 radical (unpaired) electrons. The molecule has 8 nitrogen and oxygen atoms in total. The molecule has 9 heteroatoms. The second-order valence-electron chi connectivity index (χ2n) is 8.59. The molecule has 3 heterocycles. The van der Waals surface area contributed by atoms with E-state index in [-0.39, 0.29) is 17.9 Å². The zero-order valence-corrected chi connectivity index (χ0v) is 19.1. The number of carbonyl (C=O) groups excluding carboxylic acids is 1. The first kappa shape index (κ1) is 22.3. The van der Waals surface area contributed by atoms with Crippen molar-refractivity contribution in [2.24, 2.45) is 5.92 Å². The molecule has 0 aliphatic carbocycles. The van der Waals surface area contributed by atoms with Crippen LogP contribution < -0.4 is 15.5 Å². The lowest BCUT2D eigenvalue weighted by Crippen LogP contribution is -2.49. The highest BCUT2D eigenvalue weighted by atomic mass is 19.1. The largest absolute Gasteiger partial charge is 0.366 e. The lowest BCUT2D eigenvalue weighted by Gasteiger charge is -2.38. The van der Waals surface area contributed by atoms with Crippen molar-refractivity contribution < 1.29 is 9.18 Å². The number of nitriles is 1. The van der Waals surface area contributed by atoms with Crippen molar-refractivity contribution in [1.29, 1.82) is 5.26 Å². The van der Waals surface area contributed by atoms with Crippen molar-refractivity contribution in [3.8, 4) is 6.07 Å². The average molecular weight is 448 g/mol. The zero-order chi connectivity index (χ0) is 23.7. The van der Waals surface area contributed by atoms with Gasteiger partial charge in [0.1, 0.15) is 17.7 Å². The van der Waals surface area contributed by atoms with Gasteiger partial charge in [-0.15, -0.1) is 0 Å². The predicted molar refractivity (Wildman–Crippen MR) is 124 cm³/mol. The molecule has 1 aliphatic rings. The molecule has 0 fully saturated rings. The molecule has 2 aromatic heterocycles. The number of rotatable bonds is 6. The van der Waals surface area contributed by atoms with Crippen LogP contribution in [0.4, 0.5) is 21.6 Å². The number of carbonyl (C=O) groups is 1. The van der Waals surface area contributed by atoms with E-state index in [2.05, 4.69) is 20.7 Å². The van der Waals surface area contributed by atoms with Crippen molar-refractivity contribution in [2.45, 2.75) is 39.9 Å². The number of nitrogens with one attached hydrogen (secondary N) is 2. The summed E-state index contributed by atoms with van der Waals surface area (Å²) in [5.41, 5.74) is 4.36. The van der Waals surface area contributed by atoms with Gasteiger partial charge in [-0.25, -0.2) is 9.37 Å². The number of halogens is 1. The maximum atomic E-state index is 13.4. The Morgan fingerprint density at radius 1 is 1.33 bits per heavy atom. The molecule has 1 amide bonds. The molecule has 0 saturated heterocycles. The van der Waals surface area contributed by atoms with Crippen LogP contribution in [0.2, 0.25) is 0 Å². The Balaban J connectivity index is 1.48. The molecule has 1 aromatic carbocycles. The molecule has 0 saturated carbocycles. The van der Waals surface area contributed by atoms with Gasteiger partial charge in [0.05, 0.1) is 41.4 Å². The summed E-state index contributed by atoms with van der Waals surface area (Å²) in [5.74, 6) is 0.425. The summed E-state index contributed by atoms with van der Waals surface area (Å²) >= 11 is 0. The van der Waals surface area contributed by atoms with Crippen LogP contribution >= 0.6 is 0 Å². The van der Waals surface area contributed by atoms with Crippen LogP contribution in [0.15, 0.2) is 36.7 Å². The highest BCUT2D eigenvalue weighted by Crippen LogP contribution is 2.36. The zero-order valence-electron chi connectivity index (χ0n) is 19.1. The van der Waals surface area contributed by atoms with Crippen molar-refractivity contribution in [3.63, 3.8) is 0 Å². The third-order valence-corrected chi connectivity index (χ3v) is 5.81. The van der Waals surface area contributed by atoms with E-state index < -0.39 is 5.82 Å². The summed E-state index contributed by atoms with van der Waals surface area (Å²) in [6, 6.07) is 7.91. The summed E-state index contributed by atoms with van der Waals surface area (Å²) in [5, 5.41) is 19.9. The lowest BCUT2D eigenvalue weighted by molar-refractivity contribution is -0.118. The number of nitrogens with zero attached hydrogens (tertiary/aromatic N) is 5. The molecule has 33 heavy (non-hydrogen) atoms. The van der Waals surface area contributed by atoms with E-state index in [1.165, 1.54) is 12.1 Å². The molecule has 1 atom stereocenters. The van der Waals surface area contributed by atoms with E-state index in [1.54, 1.807) is 16.9 Å². The first-order valence-electron chi connectivity index (χ1n) is 10.8. The number of fused-ring (bicyclic) bond motifs is 1. The van der Waals surface area contributed by atoms with E-state index in [0.717, 1.165) is 22.6 Å². The van der Waals surface area contributed by atoms with Gasteiger partial charge in [-0.1, -0.05) is 19.9 Å². The minimum Gasteiger partial charge on any atom is -0.366 e. The summed E-state index contributed by atoms with van der Waals surface area (Å²) in [6.45, 7) is 6.81. The fourth-order valence-electron chi connectivity index (χ4n) is 4.19. The predicted octanol–water partition coefficient (Wildman–Crippen LogP) is 3.67. The molecular weight excluding hydrogens is 421 g/mol. The van der Waals surface area contributed by atoms with Gasteiger partial charge >= 0.3 is 0 Å². The number of benzene rings is 1. The molecule has 2 N–H and O–H groups in total. The lowest BCUT2D eigenvalue weighted by atomic mass is 9.98. The molecular formula is C24H26FN7O. The average Bonchev–Trinajstić information content (AvgIpc) is 3.21. The standard InChI is InChI=1S/C24H26FN7O/c1-14(2)23-24(33)30-22-15(3)29-21(8-20(22)31(23)4)27-10-16-11-28-32(12-16)13-17-5-6-19(25)7-18(17)9-26/h5-8,11-12,14,23H,10,13H2,1-4H3,(H,27,29)(H,30,33). The Bertz CT molecular complexity index is 1240. The maximum absolute atomic E-state index is 13.4. The molecule has 1 unspecified atom stereocenters. The number of pyridine rings is 1. The van der Waals surface area contributed by atoms with Crippen molar-refractivity contribution >= 4 is 23.1 Å². The minimum atomic E-state index is -0.432. The van der Waals surface area contributed by atoms with Crippen LogP contribution in [-0.2, 0) is 17.9 Å². The van der Waals surface area contributed by atoms with Gasteiger partial charge < -0.3 is 15.5 Å². The van der Waals surface area contributed by atoms with Crippen molar-refractivity contribution in [3.05, 3.63) is 64.9 Å². The number of aromatic nitrogens is 3. The van der Waals surface area contributed by atoms with Crippen LogP contribution in [0.25, 0.3) is 0 Å². The first-order valence-corrected chi connectivity index (χ1v) is 10.8. The summed E-state index contributed by atoms with van der Waals surface area (Å²) in [6.07, 6.45) is 3.62. The number of aryl methyl sites for hydroxylation is 1. The molecule has 0 spiro atoms. The molecule has 170 valence electrons. The Morgan fingerprint density at radius 3 is 2.85 bits per heavy atom. The Kier molecular flexibility index (Phi) is 6.01. The number of likely N-dealkylation sites (N-methyl/N-ethyl adjacent to an activating group) is 1. The third kappa shape index (κ3) is 4.51. The van der Waals surface area contributed by atoms with Crippen molar-refractivity contribution in [1.82, 2.24) is 14.8 Å². The fourth-order valence-corrected chi connectivity index (χ4v) is 4.19. The normalized spacial score (nSPS) is 15.2. The van der Waals surface area contributed by atoms with Crippen LogP contribution in [-0.4, -0.2) is 33.8 Å². The van der Waals surface area contributed by atoms with Crippen LogP contribution in [0.1, 0.15) is 36.2 Å². The number of hydrogen-bond donors (Lipinski definition) is 2. The van der Waals surface area contributed by atoms with E-state index in [4.69, 9.17) is 0 Å². The number of hydrogen-bond acceptors (Lipinski definition) is 6. The second kappa shape index (κ2) is 8.90. The SMILES string of the molecule is Cc1nc(NCc2cnn(Cc3ccc(F)cc3C#N)c2)cc2c1NC(=O)C(C(C)C)N2C. The van der Waals surface area contributed by atoms with Gasteiger partial charge in [-0.3, -0.25) is 9.48 Å². The minimum absolute atomic E-state index is 0.0151. The highest BCUT2D eigenvalue weighted by molar-refractivity contribution is 6.04. The molecule has 4 rings (SSSR count). The van der Waals surface area contributed by atoms with Gasteiger partial charge in [-0.05, 0) is 30.5 Å². The molecule has 1 aliphatic heterocycles. The highest BCUT2D eigenvalue weighted by Gasteiger charge is 2.34. The van der Waals surface area contributed by atoms with Gasteiger partial charge in [0.25, 0.3) is 0 Å².